The number of fused-ring (bicyclic) bond motifs is 1. The van der Waals surface area contributed by atoms with Gasteiger partial charge in [-0.2, -0.15) is 5.26 Å². The predicted octanol–water partition coefficient (Wildman–Crippen LogP) is 4.01. The van der Waals surface area contributed by atoms with Crippen LogP contribution in [0.1, 0.15) is 11.1 Å². The van der Waals surface area contributed by atoms with Gasteiger partial charge in [0, 0.05) is 0 Å². The number of hydrogen-bond acceptors (Lipinski definition) is 2. The Labute approximate surface area is 119 Å². The van der Waals surface area contributed by atoms with E-state index >= 15 is 0 Å². The van der Waals surface area contributed by atoms with Crippen molar-refractivity contribution in [3.8, 4) is 11.8 Å². The molecular formula is C15H10FN3S. The third kappa shape index (κ3) is 1.82. The summed E-state index contributed by atoms with van der Waals surface area (Å²) in [5.41, 5.74) is 3.38. The van der Waals surface area contributed by atoms with Gasteiger partial charge in [-0.3, -0.25) is 4.57 Å². The van der Waals surface area contributed by atoms with E-state index in [1.54, 1.807) is 16.7 Å². The van der Waals surface area contributed by atoms with Crippen LogP contribution >= 0.6 is 12.2 Å². The van der Waals surface area contributed by atoms with E-state index in [0.717, 1.165) is 16.6 Å². The summed E-state index contributed by atoms with van der Waals surface area (Å²) in [6.07, 6.45) is 0. The van der Waals surface area contributed by atoms with E-state index in [1.165, 1.54) is 6.07 Å². The Morgan fingerprint density at radius 1 is 1.30 bits per heavy atom. The first-order chi connectivity index (χ1) is 9.61. The molecule has 98 valence electrons. The number of nitrogens with zero attached hydrogens (tertiary/aromatic N) is 2. The summed E-state index contributed by atoms with van der Waals surface area (Å²) in [5.74, 6) is -0.470. The Balaban J connectivity index is 2.36. The molecule has 0 atom stereocenters. The summed E-state index contributed by atoms with van der Waals surface area (Å²) in [7, 11) is 0. The van der Waals surface area contributed by atoms with Crippen molar-refractivity contribution in [1.82, 2.24) is 9.55 Å². The molecule has 1 N–H and O–H groups in total. The van der Waals surface area contributed by atoms with Crippen LogP contribution in [0.2, 0.25) is 0 Å². The Kier molecular flexibility index (Phi) is 2.88. The molecule has 1 heterocycles. The average Bonchev–Trinajstić information content (AvgIpc) is 2.77. The van der Waals surface area contributed by atoms with Crippen molar-refractivity contribution >= 4 is 23.3 Å². The van der Waals surface area contributed by atoms with Gasteiger partial charge < -0.3 is 4.98 Å². The zero-order valence-corrected chi connectivity index (χ0v) is 11.5. The van der Waals surface area contributed by atoms with Gasteiger partial charge in [0.15, 0.2) is 4.77 Å². The van der Waals surface area contributed by atoms with Gasteiger partial charge in [0.2, 0.25) is 0 Å². The van der Waals surface area contributed by atoms with E-state index < -0.39 is 5.82 Å². The molecule has 3 rings (SSSR count). The Hall–Kier alpha value is -2.45. The van der Waals surface area contributed by atoms with Crippen LogP contribution in [-0.2, 0) is 0 Å². The molecule has 0 aliphatic carbocycles. The molecular weight excluding hydrogens is 273 g/mol. The lowest BCUT2D eigenvalue weighted by atomic mass is 10.2. The van der Waals surface area contributed by atoms with Gasteiger partial charge >= 0.3 is 0 Å². The molecule has 1 aromatic heterocycles. The number of para-hydroxylation sites is 1. The molecule has 2 aromatic carbocycles. The number of hydrogen-bond donors (Lipinski definition) is 1. The third-order valence-corrected chi connectivity index (χ3v) is 3.53. The average molecular weight is 283 g/mol. The van der Waals surface area contributed by atoms with Gasteiger partial charge in [-0.1, -0.05) is 12.1 Å². The molecule has 0 unspecified atom stereocenters. The highest BCUT2D eigenvalue weighted by atomic mass is 32.1. The van der Waals surface area contributed by atoms with Gasteiger partial charge in [-0.25, -0.2) is 4.39 Å². The van der Waals surface area contributed by atoms with Gasteiger partial charge in [0.1, 0.15) is 5.82 Å². The fourth-order valence-corrected chi connectivity index (χ4v) is 2.57. The Bertz CT molecular complexity index is 915. The first-order valence-electron chi connectivity index (χ1n) is 6.02. The van der Waals surface area contributed by atoms with Crippen molar-refractivity contribution < 1.29 is 4.39 Å². The second-order valence-corrected chi connectivity index (χ2v) is 4.90. The van der Waals surface area contributed by atoms with Crippen molar-refractivity contribution in [2.45, 2.75) is 6.92 Å². The van der Waals surface area contributed by atoms with Crippen molar-refractivity contribution in [2.24, 2.45) is 0 Å². The number of halogens is 1. The summed E-state index contributed by atoms with van der Waals surface area (Å²) >= 11 is 5.29. The maximum Gasteiger partial charge on any atom is 0.182 e. The van der Waals surface area contributed by atoms with Crippen molar-refractivity contribution in [2.75, 3.05) is 0 Å². The number of nitrogens with one attached hydrogen (secondary N) is 1. The zero-order valence-electron chi connectivity index (χ0n) is 10.6. The quantitative estimate of drug-likeness (QED) is 0.686. The van der Waals surface area contributed by atoms with Gasteiger partial charge in [-0.05, 0) is 49.0 Å². The van der Waals surface area contributed by atoms with Crippen LogP contribution in [-0.4, -0.2) is 9.55 Å². The Morgan fingerprint density at radius 2 is 2.10 bits per heavy atom. The van der Waals surface area contributed by atoms with E-state index in [0.29, 0.717) is 10.5 Å². The maximum atomic E-state index is 14.2. The zero-order chi connectivity index (χ0) is 14.3. The highest BCUT2D eigenvalue weighted by Gasteiger charge is 2.12. The smallest absolute Gasteiger partial charge is 0.182 e. The molecule has 0 bridgehead atoms. The highest BCUT2D eigenvalue weighted by Crippen LogP contribution is 2.24. The number of aryl methyl sites for hydroxylation is 1. The SMILES string of the molecule is Cc1cccc2c1[nH]c(=S)n2-c1ccc(C#N)cc1F. The molecule has 3 nitrogen and oxygen atoms in total. The van der Waals surface area contributed by atoms with Crippen LogP contribution in [0.3, 0.4) is 0 Å². The number of rotatable bonds is 1. The number of H-pyrrole nitrogens is 1. The molecule has 20 heavy (non-hydrogen) atoms. The predicted molar refractivity (Wildman–Crippen MR) is 77.9 cm³/mol. The molecule has 5 heteroatoms. The molecule has 3 aromatic rings. The molecule has 0 amide bonds. The molecule has 0 aliphatic rings. The molecule has 0 spiro atoms. The lowest BCUT2D eigenvalue weighted by Crippen LogP contribution is -1.98. The van der Waals surface area contributed by atoms with Gasteiger partial charge in [0.05, 0.1) is 28.4 Å². The minimum absolute atomic E-state index is 0.286. The topological polar surface area (TPSA) is 44.5 Å². The summed E-state index contributed by atoms with van der Waals surface area (Å²) in [6, 6.07) is 12.0. The van der Waals surface area contributed by atoms with Crippen LogP contribution in [0.25, 0.3) is 16.7 Å². The van der Waals surface area contributed by atoms with E-state index in [1.807, 2.05) is 31.2 Å². The summed E-state index contributed by atoms with van der Waals surface area (Å²) < 4.78 is 16.3. The van der Waals surface area contributed by atoms with Gasteiger partial charge in [0.25, 0.3) is 0 Å². The van der Waals surface area contributed by atoms with Crippen LogP contribution in [0.15, 0.2) is 36.4 Å². The molecule has 0 aliphatic heterocycles. The number of aromatic amines is 1. The first-order valence-corrected chi connectivity index (χ1v) is 6.43. The number of nitriles is 1. The fourth-order valence-electron chi connectivity index (χ4n) is 2.27. The number of aromatic nitrogens is 2. The largest absolute Gasteiger partial charge is 0.330 e. The number of benzene rings is 2. The standard InChI is InChI=1S/C15H10FN3S/c1-9-3-2-4-13-14(9)18-15(20)19(13)12-6-5-10(8-17)7-11(12)16/h2-7H,1H3,(H,18,20). The monoisotopic (exact) mass is 283 g/mol. The third-order valence-electron chi connectivity index (χ3n) is 3.24. The summed E-state index contributed by atoms with van der Waals surface area (Å²) in [5, 5.41) is 8.80. The fraction of sp³-hybridized carbons (Fsp3) is 0.0667. The summed E-state index contributed by atoms with van der Waals surface area (Å²) in [4.78, 5) is 3.10. The van der Waals surface area contributed by atoms with E-state index in [9.17, 15) is 4.39 Å². The minimum atomic E-state index is -0.470. The van der Waals surface area contributed by atoms with Crippen molar-refractivity contribution in [3.63, 3.8) is 0 Å². The van der Waals surface area contributed by atoms with Crippen LogP contribution in [0.4, 0.5) is 4.39 Å². The van der Waals surface area contributed by atoms with E-state index in [2.05, 4.69) is 4.98 Å². The normalized spacial score (nSPS) is 10.7. The maximum absolute atomic E-state index is 14.2. The molecule has 0 saturated carbocycles. The van der Waals surface area contributed by atoms with Crippen LogP contribution in [0.5, 0.6) is 0 Å². The molecule has 0 radical (unpaired) electrons. The van der Waals surface area contributed by atoms with E-state index in [-0.39, 0.29) is 5.56 Å². The molecule has 0 saturated heterocycles. The molecule has 0 fully saturated rings. The lowest BCUT2D eigenvalue weighted by molar-refractivity contribution is 0.618. The second-order valence-electron chi connectivity index (χ2n) is 4.51. The number of imidazole rings is 1. The second kappa shape index (κ2) is 4.58. The highest BCUT2D eigenvalue weighted by molar-refractivity contribution is 7.71. The van der Waals surface area contributed by atoms with Crippen molar-refractivity contribution in [3.05, 3.63) is 58.1 Å². The lowest BCUT2D eigenvalue weighted by Gasteiger charge is -2.06. The Morgan fingerprint density at radius 3 is 2.80 bits per heavy atom. The van der Waals surface area contributed by atoms with Crippen molar-refractivity contribution in [1.29, 1.82) is 5.26 Å². The summed E-state index contributed by atoms with van der Waals surface area (Å²) in [6.45, 7) is 1.97. The van der Waals surface area contributed by atoms with Crippen LogP contribution < -0.4 is 0 Å². The van der Waals surface area contributed by atoms with Crippen LogP contribution in [0, 0.1) is 28.8 Å². The van der Waals surface area contributed by atoms with E-state index in [4.69, 9.17) is 17.5 Å². The minimum Gasteiger partial charge on any atom is -0.330 e. The first kappa shape index (κ1) is 12.6. The van der Waals surface area contributed by atoms with Gasteiger partial charge in [-0.15, -0.1) is 0 Å².